The van der Waals surface area contributed by atoms with Crippen LogP contribution in [-0.2, 0) is 15.7 Å². The summed E-state index contributed by atoms with van der Waals surface area (Å²) in [5.41, 5.74) is -0.651. The number of amides is 2. The number of nitrogens with zero attached hydrogens (tertiary/aromatic N) is 2. The molecule has 0 aliphatic carbocycles. The summed E-state index contributed by atoms with van der Waals surface area (Å²) in [6.07, 6.45) is -4.57. The third-order valence-electron chi connectivity index (χ3n) is 4.75. The lowest BCUT2D eigenvalue weighted by Gasteiger charge is -2.29. The SMILES string of the molecule is O=C(NCCN1CCOCC1)Nc1ccc(N2CCOCC2)cc1C(F)(F)F. The van der Waals surface area contributed by atoms with E-state index in [4.69, 9.17) is 9.47 Å². The molecule has 3 rings (SSSR count). The number of rotatable bonds is 5. The van der Waals surface area contributed by atoms with E-state index in [1.807, 2.05) is 4.90 Å². The molecule has 10 heteroatoms. The Morgan fingerprint density at radius 1 is 1.04 bits per heavy atom. The number of alkyl halides is 3. The van der Waals surface area contributed by atoms with Gasteiger partial charge >= 0.3 is 12.2 Å². The number of carbonyl (C=O) groups excluding carboxylic acids is 1. The summed E-state index contributed by atoms with van der Waals surface area (Å²) in [6.45, 7) is 5.86. The zero-order chi connectivity index (χ0) is 20.0. The van der Waals surface area contributed by atoms with Crippen LogP contribution in [0.3, 0.4) is 0 Å². The maximum absolute atomic E-state index is 13.5. The average molecular weight is 402 g/mol. The van der Waals surface area contributed by atoms with Gasteiger partial charge in [-0.15, -0.1) is 0 Å². The van der Waals surface area contributed by atoms with Crippen LogP contribution >= 0.6 is 0 Å². The van der Waals surface area contributed by atoms with Gasteiger partial charge in [0.15, 0.2) is 0 Å². The molecule has 2 aliphatic rings. The lowest BCUT2D eigenvalue weighted by Crippen LogP contribution is -2.42. The van der Waals surface area contributed by atoms with Gasteiger partial charge in [-0.05, 0) is 18.2 Å². The molecule has 156 valence electrons. The summed E-state index contributed by atoms with van der Waals surface area (Å²) in [6, 6.07) is 3.31. The summed E-state index contributed by atoms with van der Waals surface area (Å²) >= 11 is 0. The molecule has 2 fully saturated rings. The molecular formula is C18H25F3N4O3. The van der Waals surface area contributed by atoms with Crippen LogP contribution < -0.4 is 15.5 Å². The second-order valence-corrected chi connectivity index (χ2v) is 6.66. The van der Waals surface area contributed by atoms with Crippen molar-refractivity contribution in [3.8, 4) is 0 Å². The van der Waals surface area contributed by atoms with Crippen LogP contribution in [0.15, 0.2) is 18.2 Å². The summed E-state index contributed by atoms with van der Waals surface area (Å²) in [5.74, 6) is 0. The van der Waals surface area contributed by atoms with E-state index in [1.54, 1.807) is 6.07 Å². The van der Waals surface area contributed by atoms with Crippen molar-refractivity contribution < 1.29 is 27.4 Å². The van der Waals surface area contributed by atoms with E-state index >= 15 is 0 Å². The Morgan fingerprint density at radius 3 is 2.32 bits per heavy atom. The van der Waals surface area contributed by atoms with E-state index in [0.717, 1.165) is 19.2 Å². The van der Waals surface area contributed by atoms with Crippen molar-refractivity contribution in [2.75, 3.05) is 75.9 Å². The molecule has 1 aromatic carbocycles. The minimum atomic E-state index is -4.57. The Kier molecular flexibility index (Phi) is 6.97. The molecule has 0 radical (unpaired) electrons. The van der Waals surface area contributed by atoms with Gasteiger partial charge in [-0.3, -0.25) is 4.90 Å². The van der Waals surface area contributed by atoms with E-state index in [2.05, 4.69) is 15.5 Å². The molecule has 0 spiro atoms. The topological polar surface area (TPSA) is 66.1 Å². The highest BCUT2D eigenvalue weighted by Gasteiger charge is 2.35. The molecule has 0 bridgehead atoms. The van der Waals surface area contributed by atoms with Crippen LogP contribution in [0.2, 0.25) is 0 Å². The van der Waals surface area contributed by atoms with E-state index in [1.165, 1.54) is 6.07 Å². The number of urea groups is 1. The Hall–Kier alpha value is -2.04. The Labute approximate surface area is 161 Å². The van der Waals surface area contributed by atoms with Crippen LogP contribution in [0.4, 0.5) is 29.3 Å². The number of benzene rings is 1. The summed E-state index contributed by atoms with van der Waals surface area (Å²) in [4.78, 5) is 16.0. The lowest BCUT2D eigenvalue weighted by molar-refractivity contribution is -0.136. The van der Waals surface area contributed by atoms with Gasteiger partial charge in [0, 0.05) is 45.0 Å². The van der Waals surface area contributed by atoms with Crippen molar-refractivity contribution in [2.45, 2.75) is 6.18 Å². The van der Waals surface area contributed by atoms with E-state index < -0.39 is 17.8 Å². The number of ether oxygens (including phenoxy) is 2. The van der Waals surface area contributed by atoms with Gasteiger partial charge in [-0.25, -0.2) is 4.79 Å². The van der Waals surface area contributed by atoms with E-state index in [-0.39, 0.29) is 5.69 Å². The monoisotopic (exact) mass is 402 g/mol. The standard InChI is InChI=1S/C18H25F3N4O3/c19-18(20,21)15-13-14(25-7-11-28-12-8-25)1-2-16(15)23-17(26)22-3-4-24-5-9-27-10-6-24/h1-2,13H,3-12H2,(H2,22,23,26). The first-order valence-electron chi connectivity index (χ1n) is 9.32. The van der Waals surface area contributed by atoms with Gasteiger partial charge in [0.1, 0.15) is 0 Å². The molecule has 0 saturated carbocycles. The fourth-order valence-electron chi connectivity index (χ4n) is 3.21. The summed E-state index contributed by atoms with van der Waals surface area (Å²) in [5, 5.41) is 4.94. The third kappa shape index (κ3) is 5.73. The fraction of sp³-hybridized carbons (Fsp3) is 0.611. The van der Waals surface area contributed by atoms with Crippen molar-refractivity contribution in [1.29, 1.82) is 0 Å². The highest BCUT2D eigenvalue weighted by Crippen LogP contribution is 2.37. The molecule has 2 aliphatic heterocycles. The Bertz CT molecular complexity index is 660. The van der Waals surface area contributed by atoms with Crippen LogP contribution in [0.1, 0.15) is 5.56 Å². The first-order valence-corrected chi connectivity index (χ1v) is 9.32. The van der Waals surface area contributed by atoms with Gasteiger partial charge in [0.25, 0.3) is 0 Å². The molecule has 28 heavy (non-hydrogen) atoms. The van der Waals surface area contributed by atoms with Crippen molar-refractivity contribution in [2.24, 2.45) is 0 Å². The van der Waals surface area contributed by atoms with E-state index in [9.17, 15) is 18.0 Å². The minimum Gasteiger partial charge on any atom is -0.379 e. The van der Waals surface area contributed by atoms with Gasteiger partial charge in [0.05, 0.1) is 37.7 Å². The predicted octanol–water partition coefficient (Wildman–Crippen LogP) is 2.00. The van der Waals surface area contributed by atoms with Crippen molar-refractivity contribution in [3.63, 3.8) is 0 Å². The highest BCUT2D eigenvalue weighted by molar-refractivity contribution is 5.90. The molecule has 0 aromatic heterocycles. The molecule has 2 amide bonds. The minimum absolute atomic E-state index is 0.256. The number of halogens is 3. The number of hydrogen-bond acceptors (Lipinski definition) is 5. The quantitative estimate of drug-likeness (QED) is 0.789. The Morgan fingerprint density at radius 2 is 1.68 bits per heavy atom. The van der Waals surface area contributed by atoms with Crippen molar-refractivity contribution in [1.82, 2.24) is 10.2 Å². The van der Waals surface area contributed by atoms with Crippen molar-refractivity contribution >= 4 is 17.4 Å². The summed E-state index contributed by atoms with van der Waals surface area (Å²) in [7, 11) is 0. The first kappa shape index (κ1) is 20.7. The van der Waals surface area contributed by atoms with Gasteiger partial charge in [-0.2, -0.15) is 13.2 Å². The molecule has 0 atom stereocenters. The normalized spacial score (nSPS) is 18.8. The second kappa shape index (κ2) is 9.44. The van der Waals surface area contributed by atoms with Crippen LogP contribution in [0, 0.1) is 0 Å². The second-order valence-electron chi connectivity index (χ2n) is 6.66. The maximum atomic E-state index is 13.5. The zero-order valence-electron chi connectivity index (χ0n) is 15.6. The molecular weight excluding hydrogens is 377 g/mol. The number of morpholine rings is 2. The largest absolute Gasteiger partial charge is 0.418 e. The van der Waals surface area contributed by atoms with Gasteiger partial charge in [0.2, 0.25) is 0 Å². The maximum Gasteiger partial charge on any atom is 0.418 e. The van der Waals surface area contributed by atoms with Gasteiger partial charge in [-0.1, -0.05) is 0 Å². The molecule has 7 nitrogen and oxygen atoms in total. The molecule has 2 N–H and O–H groups in total. The van der Waals surface area contributed by atoms with E-state index in [0.29, 0.717) is 58.3 Å². The van der Waals surface area contributed by atoms with Crippen molar-refractivity contribution in [3.05, 3.63) is 23.8 Å². The number of hydrogen-bond donors (Lipinski definition) is 2. The highest BCUT2D eigenvalue weighted by atomic mass is 19.4. The smallest absolute Gasteiger partial charge is 0.379 e. The summed E-state index contributed by atoms with van der Waals surface area (Å²) < 4.78 is 51.0. The molecule has 1 aromatic rings. The molecule has 0 unspecified atom stereocenters. The Balaban J connectivity index is 1.60. The average Bonchev–Trinajstić information content (AvgIpc) is 2.69. The zero-order valence-corrected chi connectivity index (χ0v) is 15.6. The predicted molar refractivity (Wildman–Crippen MR) is 98.8 cm³/mol. The van der Waals surface area contributed by atoms with Crippen LogP contribution in [0.25, 0.3) is 0 Å². The van der Waals surface area contributed by atoms with Crippen LogP contribution in [0.5, 0.6) is 0 Å². The van der Waals surface area contributed by atoms with Gasteiger partial charge < -0.3 is 25.0 Å². The third-order valence-corrected chi connectivity index (χ3v) is 4.75. The molecule has 2 heterocycles. The first-order chi connectivity index (χ1) is 13.4. The lowest BCUT2D eigenvalue weighted by atomic mass is 10.1. The number of nitrogens with one attached hydrogen (secondary N) is 2. The fourth-order valence-corrected chi connectivity index (χ4v) is 3.21. The number of carbonyl (C=O) groups is 1. The molecule has 2 saturated heterocycles. The number of anilines is 2. The van der Waals surface area contributed by atoms with Crippen LogP contribution in [-0.4, -0.2) is 76.6 Å².